The molecule has 5 aromatic rings. The van der Waals surface area contributed by atoms with Crippen LogP contribution in [0.3, 0.4) is 0 Å². The molecule has 0 aliphatic rings. The maximum atomic E-state index is 9.47. The topological polar surface area (TPSA) is 116 Å². The van der Waals surface area contributed by atoms with Crippen molar-refractivity contribution in [3.05, 3.63) is 72.4 Å². The van der Waals surface area contributed by atoms with Crippen LogP contribution in [0.4, 0.5) is 5.82 Å². The van der Waals surface area contributed by atoms with Crippen LogP contribution in [0.2, 0.25) is 0 Å². The lowest BCUT2D eigenvalue weighted by Gasteiger charge is -2.12. The Hall–Kier alpha value is -4.38. The molecule has 0 atom stereocenters. The van der Waals surface area contributed by atoms with Crippen LogP contribution < -0.4 is 5.32 Å². The van der Waals surface area contributed by atoms with Crippen molar-refractivity contribution in [3.8, 4) is 17.5 Å². The molecule has 0 saturated heterocycles. The highest BCUT2D eigenvalue weighted by Gasteiger charge is 2.13. The summed E-state index contributed by atoms with van der Waals surface area (Å²) in [4.78, 5) is 25.0. The summed E-state index contributed by atoms with van der Waals surface area (Å²) >= 11 is 0. The summed E-state index contributed by atoms with van der Waals surface area (Å²) in [7, 11) is 0. The number of para-hydroxylation sites is 1. The molecule has 30 heavy (non-hydrogen) atoms. The predicted octanol–water partition coefficient (Wildman–Crippen LogP) is 3.49. The lowest BCUT2D eigenvalue weighted by molar-refractivity contribution is 0.998. The molecule has 0 saturated carbocycles. The first-order valence-electron chi connectivity index (χ1n) is 9.45. The van der Waals surface area contributed by atoms with Gasteiger partial charge in [0.15, 0.2) is 11.5 Å². The molecule has 0 bridgehead atoms. The smallest absolute Gasteiger partial charge is 0.182 e. The zero-order valence-corrected chi connectivity index (χ0v) is 15.9. The normalized spacial score (nSPS) is 10.9. The third-order valence-corrected chi connectivity index (χ3v) is 4.86. The number of hydrogen-bond acceptors (Lipinski definition) is 7. The molecule has 8 nitrogen and oxygen atoms in total. The SMILES string of the molecule is N#Cc1cccc2cc(CCNc3ncnc4nc[nH]c34)c(-c3ccccn3)nc12. The van der Waals surface area contributed by atoms with Gasteiger partial charge >= 0.3 is 0 Å². The Labute approximate surface area is 171 Å². The molecule has 0 unspecified atom stereocenters. The fourth-order valence-electron chi connectivity index (χ4n) is 3.46. The van der Waals surface area contributed by atoms with E-state index in [1.54, 1.807) is 18.6 Å². The van der Waals surface area contributed by atoms with Crippen LogP contribution >= 0.6 is 0 Å². The predicted molar refractivity (Wildman–Crippen MR) is 114 cm³/mol. The number of pyridine rings is 2. The number of benzene rings is 1. The molecular weight excluding hydrogens is 376 g/mol. The van der Waals surface area contributed by atoms with Crippen molar-refractivity contribution in [3.63, 3.8) is 0 Å². The van der Waals surface area contributed by atoms with Gasteiger partial charge in [0.25, 0.3) is 0 Å². The van der Waals surface area contributed by atoms with Gasteiger partial charge in [-0.3, -0.25) is 4.98 Å². The number of anilines is 1. The van der Waals surface area contributed by atoms with E-state index >= 15 is 0 Å². The summed E-state index contributed by atoms with van der Waals surface area (Å²) in [6.45, 7) is 0.635. The van der Waals surface area contributed by atoms with Gasteiger partial charge < -0.3 is 10.3 Å². The molecule has 144 valence electrons. The van der Waals surface area contributed by atoms with Crippen molar-refractivity contribution in [1.29, 1.82) is 5.26 Å². The van der Waals surface area contributed by atoms with Crippen LogP contribution in [0, 0.1) is 11.3 Å². The molecule has 4 heterocycles. The molecule has 0 radical (unpaired) electrons. The number of nitriles is 1. The fraction of sp³-hybridized carbons (Fsp3) is 0.0909. The number of aromatic nitrogens is 6. The lowest BCUT2D eigenvalue weighted by Crippen LogP contribution is -2.09. The van der Waals surface area contributed by atoms with Gasteiger partial charge in [0, 0.05) is 18.1 Å². The summed E-state index contributed by atoms with van der Waals surface area (Å²) in [5.74, 6) is 0.706. The first kappa shape index (κ1) is 17.7. The van der Waals surface area contributed by atoms with E-state index in [1.807, 2.05) is 30.3 Å². The molecule has 0 spiro atoms. The number of rotatable bonds is 5. The fourth-order valence-corrected chi connectivity index (χ4v) is 3.46. The van der Waals surface area contributed by atoms with Crippen molar-refractivity contribution < 1.29 is 0 Å². The molecule has 0 aliphatic heterocycles. The first-order valence-corrected chi connectivity index (χ1v) is 9.45. The molecule has 0 aliphatic carbocycles. The van der Waals surface area contributed by atoms with Gasteiger partial charge in [0.2, 0.25) is 0 Å². The number of nitrogens with one attached hydrogen (secondary N) is 2. The summed E-state index contributed by atoms with van der Waals surface area (Å²) in [5, 5.41) is 13.7. The van der Waals surface area contributed by atoms with Crippen molar-refractivity contribution in [1.82, 2.24) is 29.9 Å². The molecule has 2 N–H and O–H groups in total. The lowest BCUT2D eigenvalue weighted by atomic mass is 10.0. The summed E-state index contributed by atoms with van der Waals surface area (Å²) in [5.41, 5.74) is 5.24. The van der Waals surface area contributed by atoms with E-state index in [-0.39, 0.29) is 0 Å². The Bertz CT molecular complexity index is 1390. The molecule has 5 rings (SSSR count). The number of aromatic amines is 1. The average molecular weight is 392 g/mol. The monoisotopic (exact) mass is 392 g/mol. The van der Waals surface area contributed by atoms with E-state index in [0.29, 0.717) is 35.5 Å². The number of imidazole rings is 1. The molecule has 8 heteroatoms. The van der Waals surface area contributed by atoms with E-state index in [0.717, 1.165) is 27.9 Å². The maximum Gasteiger partial charge on any atom is 0.182 e. The van der Waals surface area contributed by atoms with Crippen molar-refractivity contribution in [2.24, 2.45) is 0 Å². The number of nitrogens with zero attached hydrogens (tertiary/aromatic N) is 6. The van der Waals surface area contributed by atoms with E-state index < -0.39 is 0 Å². The Morgan fingerprint density at radius 2 is 2.00 bits per heavy atom. The highest BCUT2D eigenvalue weighted by molar-refractivity contribution is 5.87. The van der Waals surface area contributed by atoms with Gasteiger partial charge in [0.05, 0.1) is 28.8 Å². The van der Waals surface area contributed by atoms with Gasteiger partial charge in [-0.15, -0.1) is 0 Å². The van der Waals surface area contributed by atoms with Crippen LogP contribution in [-0.2, 0) is 6.42 Å². The average Bonchev–Trinajstić information content (AvgIpc) is 3.28. The van der Waals surface area contributed by atoms with Crippen LogP contribution in [0.15, 0.2) is 61.3 Å². The number of fused-ring (bicyclic) bond motifs is 2. The second-order valence-corrected chi connectivity index (χ2v) is 6.70. The second kappa shape index (κ2) is 7.56. The molecule has 0 amide bonds. The van der Waals surface area contributed by atoms with E-state index in [4.69, 9.17) is 4.98 Å². The van der Waals surface area contributed by atoms with E-state index in [1.165, 1.54) is 6.33 Å². The van der Waals surface area contributed by atoms with Gasteiger partial charge in [-0.05, 0) is 36.2 Å². The minimum absolute atomic E-state index is 0.553. The zero-order valence-electron chi connectivity index (χ0n) is 15.9. The highest BCUT2D eigenvalue weighted by atomic mass is 15.1. The molecule has 1 aromatic carbocycles. The zero-order chi connectivity index (χ0) is 20.3. The summed E-state index contributed by atoms with van der Waals surface area (Å²) in [6, 6.07) is 15.7. The minimum Gasteiger partial charge on any atom is -0.368 e. The van der Waals surface area contributed by atoms with Crippen molar-refractivity contribution >= 4 is 27.9 Å². The second-order valence-electron chi connectivity index (χ2n) is 6.70. The maximum absolute atomic E-state index is 9.47. The van der Waals surface area contributed by atoms with Crippen LogP contribution in [0.1, 0.15) is 11.1 Å². The Kier molecular flexibility index (Phi) is 4.46. The Balaban J connectivity index is 1.51. The largest absolute Gasteiger partial charge is 0.368 e. The highest BCUT2D eigenvalue weighted by Crippen LogP contribution is 2.26. The van der Waals surface area contributed by atoms with Crippen LogP contribution in [-0.4, -0.2) is 36.4 Å². The summed E-state index contributed by atoms with van der Waals surface area (Å²) in [6.07, 6.45) is 5.54. The minimum atomic E-state index is 0.553. The third-order valence-electron chi connectivity index (χ3n) is 4.86. The molecule has 4 aromatic heterocycles. The van der Waals surface area contributed by atoms with Gasteiger partial charge in [-0.2, -0.15) is 5.26 Å². The van der Waals surface area contributed by atoms with E-state index in [9.17, 15) is 5.26 Å². The van der Waals surface area contributed by atoms with Crippen molar-refractivity contribution in [2.45, 2.75) is 6.42 Å². The Morgan fingerprint density at radius 3 is 2.87 bits per heavy atom. The van der Waals surface area contributed by atoms with Gasteiger partial charge in [0.1, 0.15) is 17.9 Å². The number of hydrogen-bond donors (Lipinski definition) is 2. The first-order chi connectivity index (χ1) is 14.8. The van der Waals surface area contributed by atoms with Gasteiger partial charge in [-0.25, -0.2) is 19.9 Å². The standard InChI is InChI=1S/C22H16N8/c23-11-16-5-3-4-14-10-15(19(30-18(14)16)17-6-1-2-8-24-17)7-9-25-21-20-22(27-12-26-20)29-13-28-21/h1-6,8,10,12-13H,7,9H2,(H2,25,26,27,28,29). The Morgan fingerprint density at radius 1 is 1.03 bits per heavy atom. The number of H-pyrrole nitrogens is 1. The van der Waals surface area contributed by atoms with Crippen molar-refractivity contribution in [2.75, 3.05) is 11.9 Å². The molecular formula is C22H16N8. The quantitative estimate of drug-likeness (QED) is 0.470. The van der Waals surface area contributed by atoms with Gasteiger partial charge in [-0.1, -0.05) is 18.2 Å². The van der Waals surface area contributed by atoms with Crippen LogP contribution in [0.25, 0.3) is 33.5 Å². The van der Waals surface area contributed by atoms with Crippen LogP contribution in [0.5, 0.6) is 0 Å². The third kappa shape index (κ3) is 3.18. The van der Waals surface area contributed by atoms with E-state index in [2.05, 4.69) is 42.4 Å². The molecule has 0 fully saturated rings. The summed E-state index contributed by atoms with van der Waals surface area (Å²) < 4.78 is 0.